The van der Waals surface area contributed by atoms with Crippen LogP contribution in [-0.4, -0.2) is 35.2 Å². The van der Waals surface area contributed by atoms with Crippen LogP contribution >= 0.6 is 27.7 Å². The zero-order valence-electron chi connectivity index (χ0n) is 20.3. The van der Waals surface area contributed by atoms with Gasteiger partial charge in [0.15, 0.2) is 18.1 Å². The van der Waals surface area contributed by atoms with Gasteiger partial charge >= 0.3 is 0 Å². The number of imide groups is 1. The Bertz CT molecular complexity index is 1360. The van der Waals surface area contributed by atoms with Crippen molar-refractivity contribution in [2.75, 3.05) is 18.5 Å². The van der Waals surface area contributed by atoms with E-state index in [9.17, 15) is 14.4 Å². The van der Waals surface area contributed by atoms with Crippen LogP contribution in [-0.2, 0) is 16.1 Å². The molecule has 0 saturated carbocycles. The number of hydrogen-bond acceptors (Lipinski definition) is 6. The molecule has 0 unspecified atom stereocenters. The summed E-state index contributed by atoms with van der Waals surface area (Å²) in [6.45, 7) is 4.16. The Labute approximate surface area is 228 Å². The first-order chi connectivity index (χ1) is 17.9. The number of anilines is 1. The minimum Gasteiger partial charge on any atom is -0.490 e. The Kier molecular flexibility index (Phi) is 8.68. The molecule has 0 radical (unpaired) electrons. The van der Waals surface area contributed by atoms with Crippen molar-refractivity contribution in [3.05, 3.63) is 92.8 Å². The SMILES string of the molecule is CCOc1cc(/C=C2\SC(=O)N(Cc3ccccc3C)C2=O)cc(Br)c1OCC(=O)Nc1ccccc1. The fourth-order valence-corrected chi connectivity index (χ4v) is 5.09. The molecule has 190 valence electrons. The van der Waals surface area contributed by atoms with Gasteiger partial charge in [-0.1, -0.05) is 42.5 Å². The molecule has 37 heavy (non-hydrogen) atoms. The van der Waals surface area contributed by atoms with Crippen LogP contribution in [0.15, 0.2) is 76.1 Å². The van der Waals surface area contributed by atoms with Gasteiger partial charge in [-0.2, -0.15) is 0 Å². The van der Waals surface area contributed by atoms with Crippen molar-refractivity contribution in [2.45, 2.75) is 20.4 Å². The van der Waals surface area contributed by atoms with E-state index in [-0.39, 0.29) is 30.2 Å². The van der Waals surface area contributed by atoms with Gasteiger partial charge in [0, 0.05) is 5.69 Å². The van der Waals surface area contributed by atoms with E-state index in [2.05, 4.69) is 21.2 Å². The predicted molar refractivity (Wildman–Crippen MR) is 149 cm³/mol. The Morgan fingerprint density at radius 1 is 1.05 bits per heavy atom. The zero-order chi connectivity index (χ0) is 26.4. The molecule has 0 bridgehead atoms. The Balaban J connectivity index is 1.50. The van der Waals surface area contributed by atoms with E-state index >= 15 is 0 Å². The summed E-state index contributed by atoms with van der Waals surface area (Å²) in [6, 6.07) is 20.2. The summed E-state index contributed by atoms with van der Waals surface area (Å²) in [6.07, 6.45) is 1.65. The number of benzene rings is 3. The van der Waals surface area contributed by atoms with Crippen LogP contribution in [0.5, 0.6) is 11.5 Å². The van der Waals surface area contributed by atoms with Gasteiger partial charge in [-0.15, -0.1) is 0 Å². The second kappa shape index (κ2) is 12.1. The number of hydrogen-bond donors (Lipinski definition) is 1. The van der Waals surface area contributed by atoms with Gasteiger partial charge in [-0.05, 0) is 88.6 Å². The van der Waals surface area contributed by atoms with E-state index < -0.39 is 0 Å². The molecule has 1 heterocycles. The van der Waals surface area contributed by atoms with Crippen molar-refractivity contribution < 1.29 is 23.9 Å². The molecule has 3 aromatic carbocycles. The summed E-state index contributed by atoms with van der Waals surface area (Å²) in [7, 11) is 0. The molecule has 0 atom stereocenters. The first kappa shape index (κ1) is 26.5. The highest BCUT2D eigenvalue weighted by Crippen LogP contribution is 2.39. The molecule has 1 aliphatic heterocycles. The van der Waals surface area contributed by atoms with E-state index in [1.54, 1.807) is 30.3 Å². The van der Waals surface area contributed by atoms with Crippen molar-refractivity contribution in [1.29, 1.82) is 0 Å². The van der Waals surface area contributed by atoms with Crippen LogP contribution in [0.4, 0.5) is 10.5 Å². The fraction of sp³-hybridized carbons (Fsp3) is 0.179. The molecule has 1 fully saturated rings. The summed E-state index contributed by atoms with van der Waals surface area (Å²) in [5, 5.41) is 2.46. The fourth-order valence-electron chi connectivity index (χ4n) is 3.68. The van der Waals surface area contributed by atoms with E-state index in [1.807, 2.05) is 56.3 Å². The molecule has 9 heteroatoms. The largest absolute Gasteiger partial charge is 0.490 e. The van der Waals surface area contributed by atoms with Gasteiger partial charge in [-0.3, -0.25) is 19.3 Å². The van der Waals surface area contributed by atoms with Crippen molar-refractivity contribution in [3.8, 4) is 11.5 Å². The summed E-state index contributed by atoms with van der Waals surface area (Å²) >= 11 is 4.39. The third kappa shape index (κ3) is 6.61. The smallest absolute Gasteiger partial charge is 0.293 e. The zero-order valence-corrected chi connectivity index (χ0v) is 22.7. The molecular weight excluding hydrogens is 556 g/mol. The maximum Gasteiger partial charge on any atom is 0.293 e. The minimum atomic E-state index is -0.342. The van der Waals surface area contributed by atoms with Crippen LogP contribution in [0.1, 0.15) is 23.6 Å². The molecule has 0 spiro atoms. The van der Waals surface area contributed by atoms with Gasteiger partial charge in [0.25, 0.3) is 17.1 Å². The van der Waals surface area contributed by atoms with Crippen molar-refractivity contribution in [2.24, 2.45) is 0 Å². The van der Waals surface area contributed by atoms with Crippen LogP contribution < -0.4 is 14.8 Å². The molecule has 4 rings (SSSR count). The number of halogens is 1. The lowest BCUT2D eigenvalue weighted by molar-refractivity contribution is -0.123. The number of nitrogens with one attached hydrogen (secondary N) is 1. The van der Waals surface area contributed by atoms with Gasteiger partial charge < -0.3 is 14.8 Å². The third-order valence-electron chi connectivity index (χ3n) is 5.50. The average Bonchev–Trinajstić information content (AvgIpc) is 3.13. The van der Waals surface area contributed by atoms with E-state index in [0.717, 1.165) is 22.9 Å². The highest BCUT2D eigenvalue weighted by molar-refractivity contribution is 9.10. The predicted octanol–water partition coefficient (Wildman–Crippen LogP) is 6.41. The molecule has 0 aromatic heterocycles. The Morgan fingerprint density at radius 3 is 2.51 bits per heavy atom. The summed E-state index contributed by atoms with van der Waals surface area (Å²) in [4.78, 5) is 39.5. The van der Waals surface area contributed by atoms with E-state index in [4.69, 9.17) is 9.47 Å². The Hall–Kier alpha value is -3.56. The van der Waals surface area contributed by atoms with Crippen molar-refractivity contribution >= 4 is 56.5 Å². The minimum absolute atomic E-state index is 0.218. The van der Waals surface area contributed by atoms with Crippen LogP contribution in [0.25, 0.3) is 6.08 Å². The number of thioether (sulfide) groups is 1. The van der Waals surface area contributed by atoms with E-state index in [1.165, 1.54) is 4.90 Å². The molecule has 0 aliphatic carbocycles. The lowest BCUT2D eigenvalue weighted by Gasteiger charge is -2.15. The highest BCUT2D eigenvalue weighted by Gasteiger charge is 2.35. The number of nitrogens with zero attached hydrogens (tertiary/aromatic N) is 1. The number of aryl methyl sites for hydroxylation is 1. The van der Waals surface area contributed by atoms with Crippen LogP contribution in [0.3, 0.4) is 0 Å². The lowest BCUT2D eigenvalue weighted by Crippen LogP contribution is -2.27. The molecule has 1 N–H and O–H groups in total. The first-order valence-corrected chi connectivity index (χ1v) is 13.2. The summed E-state index contributed by atoms with van der Waals surface area (Å²) in [5.41, 5.74) is 3.26. The molecular formula is C28H25BrN2O5S. The second-order valence-electron chi connectivity index (χ2n) is 8.16. The molecule has 3 amide bonds. The van der Waals surface area contributed by atoms with Gasteiger partial charge in [0.05, 0.1) is 22.5 Å². The number of ether oxygens (including phenoxy) is 2. The quantitative estimate of drug-likeness (QED) is 0.294. The normalized spacial score (nSPS) is 14.2. The van der Waals surface area contributed by atoms with Crippen molar-refractivity contribution in [3.63, 3.8) is 0 Å². The third-order valence-corrected chi connectivity index (χ3v) is 6.99. The lowest BCUT2D eigenvalue weighted by atomic mass is 10.1. The van der Waals surface area contributed by atoms with Crippen LogP contribution in [0, 0.1) is 6.92 Å². The number of para-hydroxylation sites is 1. The van der Waals surface area contributed by atoms with Crippen LogP contribution in [0.2, 0.25) is 0 Å². The maximum atomic E-state index is 13.0. The monoisotopic (exact) mass is 580 g/mol. The topological polar surface area (TPSA) is 84.9 Å². The maximum absolute atomic E-state index is 13.0. The molecule has 7 nitrogen and oxygen atoms in total. The average molecular weight is 581 g/mol. The second-order valence-corrected chi connectivity index (χ2v) is 10.0. The number of amides is 3. The highest BCUT2D eigenvalue weighted by atomic mass is 79.9. The number of rotatable bonds is 9. The summed E-state index contributed by atoms with van der Waals surface area (Å²) < 4.78 is 12.1. The van der Waals surface area contributed by atoms with Gasteiger partial charge in [-0.25, -0.2) is 0 Å². The standard InChI is InChI=1S/C28H25BrN2O5S/c1-3-35-23-14-19(13-22(29)26(23)36-17-25(32)30-21-11-5-4-6-12-21)15-24-27(33)31(28(34)37-24)16-20-10-8-7-9-18(20)2/h4-15H,3,16-17H2,1-2H3,(H,30,32)/b24-15-. The van der Waals surface area contributed by atoms with Gasteiger partial charge in [0.1, 0.15) is 0 Å². The number of carbonyl (C=O) groups excluding carboxylic acids is 3. The summed E-state index contributed by atoms with van der Waals surface area (Å²) in [5.74, 6) is 0.127. The Morgan fingerprint density at radius 2 is 1.78 bits per heavy atom. The molecule has 3 aromatic rings. The van der Waals surface area contributed by atoms with Gasteiger partial charge in [0.2, 0.25) is 0 Å². The number of carbonyl (C=O) groups is 3. The first-order valence-electron chi connectivity index (χ1n) is 11.6. The molecule has 1 aliphatic rings. The van der Waals surface area contributed by atoms with Crippen molar-refractivity contribution in [1.82, 2.24) is 4.90 Å². The molecule has 1 saturated heterocycles. The van der Waals surface area contributed by atoms with E-state index in [0.29, 0.717) is 38.7 Å².